The minimum absolute atomic E-state index is 0.0794. The van der Waals surface area contributed by atoms with Crippen molar-refractivity contribution < 1.29 is 13.0 Å². The monoisotopic (exact) mass is 240 g/mol. The van der Waals surface area contributed by atoms with Gasteiger partial charge in [-0.15, -0.1) is 5.10 Å². The molecule has 5 nitrogen and oxygen atoms in total. The molecule has 0 radical (unpaired) electrons. The highest BCUT2D eigenvalue weighted by atomic mass is 32.3. The molecule has 74 valence electrons. The van der Waals surface area contributed by atoms with Crippen LogP contribution < -0.4 is 0 Å². The highest BCUT2D eigenvalue weighted by Crippen LogP contribution is 2.20. The van der Waals surface area contributed by atoms with Crippen LogP contribution in [0.4, 0.5) is 0 Å². The van der Waals surface area contributed by atoms with E-state index in [1.54, 1.807) is 6.92 Å². The molecule has 0 N–H and O–H groups in total. The molecule has 0 fully saturated rings. The average Bonchev–Trinajstić information content (AvgIpc) is 2.50. The van der Waals surface area contributed by atoms with Crippen molar-refractivity contribution in [1.29, 1.82) is 0 Å². The standard InChI is InChI=1S/C5H8N2O3S3/c1-3-12(8)4-6-7-5(11-4)13(2,9)10/h3H2,1-2H3. The highest BCUT2D eigenvalue weighted by Gasteiger charge is 2.20. The lowest BCUT2D eigenvalue weighted by Crippen LogP contribution is -2.02. The zero-order chi connectivity index (χ0) is 10.1. The molecule has 8 heteroatoms. The van der Waals surface area contributed by atoms with E-state index in [1.165, 1.54) is 0 Å². The van der Waals surface area contributed by atoms with Gasteiger partial charge in [0.15, 0.2) is 0 Å². The fourth-order valence-electron chi connectivity index (χ4n) is 0.562. The summed E-state index contributed by atoms with van der Waals surface area (Å²) in [7, 11) is -3.31. The highest BCUT2D eigenvalue weighted by molar-refractivity contribution is 7.95. The van der Waals surface area contributed by atoms with E-state index in [0.29, 0.717) is 5.75 Å². The third-order valence-corrected chi connectivity index (χ3v) is 5.35. The Labute approximate surface area is 83.3 Å². The van der Waals surface area contributed by atoms with Crippen LogP contribution in [0.15, 0.2) is 8.68 Å². The van der Waals surface area contributed by atoms with Crippen LogP contribution in [0.5, 0.6) is 0 Å². The van der Waals surface area contributed by atoms with E-state index >= 15 is 0 Å². The van der Waals surface area contributed by atoms with Gasteiger partial charge in [0.1, 0.15) is 5.75 Å². The maximum Gasteiger partial charge on any atom is 0.322 e. The van der Waals surface area contributed by atoms with Gasteiger partial charge in [0, 0.05) is 17.4 Å². The van der Waals surface area contributed by atoms with Crippen LogP contribution in [0.1, 0.15) is 6.92 Å². The third kappa shape index (κ3) is 2.63. The van der Waals surface area contributed by atoms with E-state index in [0.717, 1.165) is 17.6 Å². The summed E-state index contributed by atoms with van der Waals surface area (Å²) in [5.41, 5.74) is 0. The first-order valence-corrected chi connectivity index (χ1v) is 7.39. The molecule has 1 unspecified atom stereocenters. The minimum Gasteiger partial charge on any atom is -0.610 e. The first-order chi connectivity index (χ1) is 5.95. The summed E-state index contributed by atoms with van der Waals surface area (Å²) in [5, 5.41) is 6.99. The Morgan fingerprint density at radius 1 is 1.54 bits per heavy atom. The van der Waals surface area contributed by atoms with E-state index in [2.05, 4.69) is 10.2 Å². The van der Waals surface area contributed by atoms with Gasteiger partial charge >= 0.3 is 4.34 Å². The SMILES string of the molecule is CC[S+]([O-])c1nnc(S(C)(=O)=O)s1. The molecule has 0 aliphatic carbocycles. The van der Waals surface area contributed by atoms with Crippen LogP contribution in [0.25, 0.3) is 0 Å². The van der Waals surface area contributed by atoms with Gasteiger partial charge in [-0.1, -0.05) is 5.10 Å². The number of aromatic nitrogens is 2. The Morgan fingerprint density at radius 3 is 2.54 bits per heavy atom. The van der Waals surface area contributed by atoms with E-state index in [9.17, 15) is 13.0 Å². The summed E-state index contributed by atoms with van der Waals surface area (Å²) in [6.45, 7) is 1.73. The van der Waals surface area contributed by atoms with Crippen molar-refractivity contribution in [2.24, 2.45) is 0 Å². The molecule has 13 heavy (non-hydrogen) atoms. The topological polar surface area (TPSA) is 83.0 Å². The second-order valence-electron chi connectivity index (χ2n) is 2.24. The first kappa shape index (κ1) is 10.9. The second kappa shape index (κ2) is 3.91. The number of hydrogen-bond acceptors (Lipinski definition) is 6. The Balaban J connectivity index is 3.00. The minimum atomic E-state index is -3.31. The van der Waals surface area contributed by atoms with Crippen LogP contribution in [0.2, 0.25) is 0 Å². The average molecular weight is 240 g/mol. The molecule has 0 spiro atoms. The summed E-state index contributed by atoms with van der Waals surface area (Å²) in [5.74, 6) is 0.415. The lowest BCUT2D eigenvalue weighted by Gasteiger charge is -1.99. The van der Waals surface area contributed by atoms with Gasteiger partial charge in [0.25, 0.3) is 0 Å². The molecular formula is C5H8N2O3S3. The van der Waals surface area contributed by atoms with Crippen molar-refractivity contribution in [3.63, 3.8) is 0 Å². The Hall–Kier alpha value is -0.180. The molecule has 0 amide bonds. The van der Waals surface area contributed by atoms with Gasteiger partial charge in [-0.05, 0) is 18.3 Å². The summed E-state index contributed by atoms with van der Waals surface area (Å²) in [6.07, 6.45) is 1.05. The van der Waals surface area contributed by atoms with Gasteiger partial charge in [0.05, 0.1) is 0 Å². The molecule has 0 aliphatic heterocycles. The molecular weight excluding hydrogens is 232 g/mol. The van der Waals surface area contributed by atoms with E-state index in [4.69, 9.17) is 0 Å². The predicted molar refractivity (Wildman–Crippen MR) is 50.0 cm³/mol. The van der Waals surface area contributed by atoms with Gasteiger partial charge in [-0.25, -0.2) is 8.42 Å². The molecule has 1 aromatic rings. The largest absolute Gasteiger partial charge is 0.610 e. The lowest BCUT2D eigenvalue weighted by molar-refractivity contribution is 0.592. The number of nitrogens with zero attached hydrogens (tertiary/aromatic N) is 2. The molecule has 0 saturated carbocycles. The second-order valence-corrected chi connectivity index (χ2v) is 7.32. The van der Waals surface area contributed by atoms with Crippen LogP contribution >= 0.6 is 11.3 Å². The molecule has 0 saturated heterocycles. The Bertz CT molecular complexity index is 385. The molecule has 1 atom stereocenters. The summed E-state index contributed by atoms with van der Waals surface area (Å²) in [4.78, 5) is 0. The zero-order valence-electron chi connectivity index (χ0n) is 7.05. The van der Waals surface area contributed by atoms with Crippen LogP contribution in [-0.4, -0.2) is 35.2 Å². The van der Waals surface area contributed by atoms with E-state index < -0.39 is 21.0 Å². The number of sulfone groups is 1. The van der Waals surface area contributed by atoms with Crippen molar-refractivity contribution >= 4 is 32.3 Å². The van der Waals surface area contributed by atoms with Crippen molar-refractivity contribution in [1.82, 2.24) is 10.2 Å². The fraction of sp³-hybridized carbons (Fsp3) is 0.600. The van der Waals surface area contributed by atoms with Crippen molar-refractivity contribution in [3.05, 3.63) is 0 Å². The summed E-state index contributed by atoms with van der Waals surface area (Å²) >= 11 is -0.362. The normalized spacial score (nSPS) is 14.4. The molecule has 0 bridgehead atoms. The molecule has 1 heterocycles. The molecule has 1 rings (SSSR count). The summed E-state index contributed by atoms with van der Waals surface area (Å²) in [6, 6.07) is 0. The van der Waals surface area contributed by atoms with Gasteiger partial charge in [-0.2, -0.15) is 0 Å². The number of hydrogen-bond donors (Lipinski definition) is 0. The van der Waals surface area contributed by atoms with Crippen LogP contribution in [0.3, 0.4) is 0 Å². The number of rotatable bonds is 3. The van der Waals surface area contributed by atoms with Gasteiger partial charge < -0.3 is 4.55 Å². The molecule has 0 aliphatic rings. The van der Waals surface area contributed by atoms with Gasteiger partial charge in [0.2, 0.25) is 14.2 Å². The fourth-order valence-corrected chi connectivity index (χ4v) is 3.41. The summed E-state index contributed by atoms with van der Waals surface area (Å²) < 4.78 is 33.3. The third-order valence-electron chi connectivity index (χ3n) is 1.16. The van der Waals surface area contributed by atoms with Crippen molar-refractivity contribution in [2.75, 3.05) is 12.0 Å². The zero-order valence-corrected chi connectivity index (χ0v) is 9.50. The van der Waals surface area contributed by atoms with Crippen LogP contribution in [0, 0.1) is 0 Å². The quantitative estimate of drug-likeness (QED) is 0.698. The lowest BCUT2D eigenvalue weighted by atomic mass is 11.0. The molecule has 1 aromatic heterocycles. The maximum absolute atomic E-state index is 11.2. The molecule has 0 aromatic carbocycles. The first-order valence-electron chi connectivity index (χ1n) is 3.37. The maximum atomic E-state index is 11.2. The van der Waals surface area contributed by atoms with Crippen molar-refractivity contribution in [3.8, 4) is 0 Å². The van der Waals surface area contributed by atoms with Crippen LogP contribution in [-0.2, 0) is 21.0 Å². The Kier molecular flexibility index (Phi) is 3.28. The van der Waals surface area contributed by atoms with Gasteiger partial charge in [-0.3, -0.25) is 0 Å². The van der Waals surface area contributed by atoms with E-state index in [-0.39, 0.29) is 8.68 Å². The van der Waals surface area contributed by atoms with E-state index in [1.807, 2.05) is 0 Å². The smallest absolute Gasteiger partial charge is 0.322 e. The Morgan fingerprint density at radius 2 is 2.15 bits per heavy atom. The van der Waals surface area contributed by atoms with Crippen molar-refractivity contribution in [2.45, 2.75) is 15.6 Å². The predicted octanol–water partition coefficient (Wildman–Crippen LogP) is 0.0691.